The molecule has 1 aliphatic rings. The first kappa shape index (κ1) is 15.5. The lowest BCUT2D eigenvalue weighted by molar-refractivity contribution is -0.557. The second-order valence-electron chi connectivity index (χ2n) is 5.35. The number of rotatable bonds is 4. The number of aryl methyl sites for hydroxylation is 1. The van der Waals surface area contributed by atoms with Crippen LogP contribution in [0.1, 0.15) is 44.1 Å². The molecule has 1 fully saturated rings. The molecule has 19 heavy (non-hydrogen) atoms. The zero-order valence-corrected chi connectivity index (χ0v) is 15.0. The first-order valence-electron chi connectivity index (χ1n) is 6.81. The second-order valence-corrected chi connectivity index (χ2v) is 8.86. The number of hydrogen-bond acceptors (Lipinski definition) is 0. The van der Waals surface area contributed by atoms with Gasteiger partial charge in [0.2, 0.25) is 0 Å². The van der Waals surface area contributed by atoms with Gasteiger partial charge in [-0.15, -0.1) is 0 Å². The third kappa shape index (κ3) is 5.18. The molecule has 104 valence electrons. The quantitative estimate of drug-likeness (QED) is 0.635. The van der Waals surface area contributed by atoms with Gasteiger partial charge in [0.15, 0.2) is 7.65 Å². The van der Waals surface area contributed by atoms with Gasteiger partial charge in [-0.3, -0.25) is 0 Å². The van der Waals surface area contributed by atoms with Crippen molar-refractivity contribution in [1.82, 2.24) is 0 Å². The SMILES string of the molecule is Cc1ccc([I+]/C=C(/Br)CC2(F)CCCCC2)cc1. The van der Waals surface area contributed by atoms with E-state index < -0.39 is 5.67 Å². The summed E-state index contributed by atoms with van der Waals surface area (Å²) in [7, 11) is 0. The van der Waals surface area contributed by atoms with E-state index in [1.54, 1.807) is 0 Å². The van der Waals surface area contributed by atoms with Crippen LogP contribution >= 0.6 is 15.9 Å². The van der Waals surface area contributed by atoms with E-state index in [4.69, 9.17) is 0 Å². The van der Waals surface area contributed by atoms with Crippen molar-refractivity contribution in [3.05, 3.63) is 42.0 Å². The zero-order chi connectivity index (χ0) is 13.7. The monoisotopic (exact) mass is 437 g/mol. The Balaban J connectivity index is 1.90. The van der Waals surface area contributed by atoms with Crippen LogP contribution in [0.15, 0.2) is 32.8 Å². The Morgan fingerprint density at radius 2 is 1.89 bits per heavy atom. The van der Waals surface area contributed by atoms with E-state index in [-0.39, 0.29) is 21.2 Å². The summed E-state index contributed by atoms with van der Waals surface area (Å²) in [5.74, 6) is 0. The summed E-state index contributed by atoms with van der Waals surface area (Å²) in [5.41, 5.74) is 0.339. The van der Waals surface area contributed by atoms with Crippen molar-refractivity contribution in [3.8, 4) is 0 Å². The number of allylic oxidation sites excluding steroid dienone is 1. The minimum Gasteiger partial charge on any atom is -0.244 e. The molecule has 1 aromatic carbocycles. The molecule has 0 heterocycles. The second kappa shape index (κ2) is 7.21. The Kier molecular flexibility index (Phi) is 5.87. The molecule has 0 radical (unpaired) electrons. The van der Waals surface area contributed by atoms with Crippen LogP contribution in [0.5, 0.6) is 0 Å². The third-order valence-electron chi connectivity index (χ3n) is 3.55. The average molecular weight is 438 g/mol. The van der Waals surface area contributed by atoms with Crippen LogP contribution in [0, 0.1) is 10.5 Å². The molecule has 1 aromatic rings. The molecule has 3 heteroatoms. The number of halogens is 3. The zero-order valence-electron chi connectivity index (χ0n) is 11.3. The molecule has 0 spiro atoms. The highest BCUT2D eigenvalue weighted by Crippen LogP contribution is 2.37. The smallest absolute Gasteiger partial charge is 0.244 e. The summed E-state index contributed by atoms with van der Waals surface area (Å²) in [6.45, 7) is 2.10. The van der Waals surface area contributed by atoms with E-state index in [1.807, 2.05) is 0 Å². The fourth-order valence-corrected chi connectivity index (χ4v) is 5.21. The molecule has 1 saturated carbocycles. The predicted molar refractivity (Wildman–Crippen MR) is 78.4 cm³/mol. The summed E-state index contributed by atoms with van der Waals surface area (Å²) < 4.78 is 19.2. The fraction of sp³-hybridized carbons (Fsp3) is 0.500. The summed E-state index contributed by atoms with van der Waals surface area (Å²) in [5, 5.41) is 0. The molecule has 0 N–H and O–H groups in total. The molecular formula is C16H20BrFI+. The molecule has 0 atom stereocenters. The Hall–Kier alpha value is 0.1000. The van der Waals surface area contributed by atoms with Crippen molar-refractivity contribution in [2.24, 2.45) is 0 Å². The van der Waals surface area contributed by atoms with Gasteiger partial charge in [-0.05, 0) is 31.9 Å². The number of alkyl halides is 1. The topological polar surface area (TPSA) is 0 Å². The highest BCUT2D eigenvalue weighted by Gasteiger charge is 2.32. The van der Waals surface area contributed by atoms with E-state index in [2.05, 4.69) is 51.2 Å². The molecule has 2 rings (SSSR count). The lowest BCUT2D eigenvalue weighted by Crippen LogP contribution is -3.59. The average Bonchev–Trinajstić information content (AvgIpc) is 2.38. The van der Waals surface area contributed by atoms with Crippen molar-refractivity contribution >= 4 is 15.9 Å². The Morgan fingerprint density at radius 1 is 1.26 bits per heavy atom. The highest BCUT2D eigenvalue weighted by atomic mass is 127. The van der Waals surface area contributed by atoms with Crippen molar-refractivity contribution in [3.63, 3.8) is 0 Å². The molecule has 0 saturated heterocycles. The van der Waals surface area contributed by atoms with E-state index in [1.165, 1.54) is 15.6 Å². The molecule has 0 unspecified atom stereocenters. The largest absolute Gasteiger partial charge is 0.350 e. The first-order chi connectivity index (χ1) is 9.07. The molecule has 0 bridgehead atoms. The van der Waals surface area contributed by atoms with Gasteiger partial charge in [-0.1, -0.05) is 52.9 Å². The van der Waals surface area contributed by atoms with Crippen LogP contribution in [-0.2, 0) is 0 Å². The third-order valence-corrected chi connectivity index (χ3v) is 7.41. The van der Waals surface area contributed by atoms with E-state index >= 15 is 0 Å². The summed E-state index contributed by atoms with van der Waals surface area (Å²) in [6, 6.07) is 8.67. The maximum absolute atomic E-state index is 14.5. The molecule has 0 nitrogen and oxygen atoms in total. The number of hydrogen-bond donors (Lipinski definition) is 0. The normalized spacial score (nSPS) is 19.4. The Morgan fingerprint density at radius 3 is 2.53 bits per heavy atom. The van der Waals surface area contributed by atoms with E-state index in [0.29, 0.717) is 6.42 Å². The van der Waals surface area contributed by atoms with Crippen LogP contribution in [0.25, 0.3) is 0 Å². The van der Waals surface area contributed by atoms with Gasteiger partial charge in [-0.25, -0.2) is 4.39 Å². The Bertz CT molecular complexity index is 433. The van der Waals surface area contributed by atoms with Gasteiger partial charge in [0.1, 0.15) is 5.67 Å². The molecule has 0 aliphatic heterocycles. The van der Waals surface area contributed by atoms with Crippen LogP contribution in [0.4, 0.5) is 4.39 Å². The molecule has 0 amide bonds. The summed E-state index contributed by atoms with van der Waals surface area (Å²) in [4.78, 5) is 0. The van der Waals surface area contributed by atoms with E-state index in [0.717, 1.165) is 30.2 Å². The lowest BCUT2D eigenvalue weighted by atomic mass is 9.84. The minimum atomic E-state index is -0.954. The molecule has 0 aromatic heterocycles. The fourth-order valence-electron chi connectivity index (χ4n) is 2.43. The van der Waals surface area contributed by atoms with Crippen LogP contribution in [0.2, 0.25) is 0 Å². The van der Waals surface area contributed by atoms with Gasteiger partial charge in [0.25, 0.3) is 0 Å². The van der Waals surface area contributed by atoms with Gasteiger partial charge >= 0.3 is 21.2 Å². The molecule has 1 aliphatic carbocycles. The first-order valence-corrected chi connectivity index (χ1v) is 9.93. The van der Waals surface area contributed by atoms with Crippen molar-refractivity contribution in [2.75, 3.05) is 0 Å². The van der Waals surface area contributed by atoms with Crippen molar-refractivity contribution in [1.29, 1.82) is 0 Å². The minimum absolute atomic E-state index is 0.154. The summed E-state index contributed by atoms with van der Waals surface area (Å²) >= 11 is 3.42. The van der Waals surface area contributed by atoms with Gasteiger partial charge < -0.3 is 0 Å². The van der Waals surface area contributed by atoms with Crippen molar-refractivity contribution < 1.29 is 25.6 Å². The lowest BCUT2D eigenvalue weighted by Gasteiger charge is -2.28. The van der Waals surface area contributed by atoms with Gasteiger partial charge in [-0.2, -0.15) is 0 Å². The van der Waals surface area contributed by atoms with Gasteiger partial charge in [0, 0.05) is 10.9 Å². The van der Waals surface area contributed by atoms with Crippen molar-refractivity contribution in [2.45, 2.75) is 51.1 Å². The molecular weight excluding hydrogens is 418 g/mol. The number of benzene rings is 1. The maximum Gasteiger partial charge on any atom is 0.350 e. The van der Waals surface area contributed by atoms with Gasteiger partial charge in [0.05, 0.1) is 0 Å². The van der Waals surface area contributed by atoms with Crippen LogP contribution in [-0.4, -0.2) is 5.67 Å². The van der Waals surface area contributed by atoms with E-state index in [9.17, 15) is 4.39 Å². The maximum atomic E-state index is 14.5. The highest BCUT2D eigenvalue weighted by molar-refractivity contribution is 9.11. The van der Waals surface area contributed by atoms with Crippen LogP contribution in [0.3, 0.4) is 0 Å². The van der Waals surface area contributed by atoms with Crippen LogP contribution < -0.4 is 21.2 Å². The summed E-state index contributed by atoms with van der Waals surface area (Å²) in [6.07, 6.45) is 5.33. The predicted octanol–water partition coefficient (Wildman–Crippen LogP) is 2.55. The standard InChI is InChI=1S/C16H20BrFI/c1-13-5-7-15(8-6-13)19-12-14(17)11-16(18)9-3-2-4-10-16/h5-8,12H,2-4,9-11H2,1H3/q+1/b14-12+. The Labute approximate surface area is 134 Å².